The summed E-state index contributed by atoms with van der Waals surface area (Å²) in [5.74, 6) is 2.05. The van der Waals surface area contributed by atoms with Crippen LogP contribution < -0.4 is 14.8 Å². The number of fused-ring (bicyclic) bond motifs is 1. The summed E-state index contributed by atoms with van der Waals surface area (Å²) in [6.07, 6.45) is 3.43. The van der Waals surface area contributed by atoms with Gasteiger partial charge in [0.25, 0.3) is 5.91 Å². The first-order valence-corrected chi connectivity index (χ1v) is 9.68. The summed E-state index contributed by atoms with van der Waals surface area (Å²) >= 11 is 0. The second kappa shape index (κ2) is 7.03. The Balaban J connectivity index is 1.40. The molecule has 0 atom stereocenters. The van der Waals surface area contributed by atoms with Crippen molar-refractivity contribution >= 4 is 11.9 Å². The Bertz CT molecular complexity index is 743. The van der Waals surface area contributed by atoms with Gasteiger partial charge in [0.15, 0.2) is 11.5 Å². The number of carbonyl (C=O) groups excluding carboxylic acids is 2. The topological polar surface area (TPSA) is 71.1 Å². The molecule has 1 saturated heterocycles. The van der Waals surface area contributed by atoms with Gasteiger partial charge in [-0.25, -0.2) is 9.69 Å². The lowest BCUT2D eigenvalue weighted by Gasteiger charge is -2.33. The minimum Gasteiger partial charge on any atom is -0.486 e. The molecule has 3 amide bonds. The Hall–Kier alpha value is -2.28. The highest BCUT2D eigenvalue weighted by Crippen LogP contribution is 2.36. The molecule has 2 fully saturated rings. The second-order valence-electron chi connectivity index (χ2n) is 8.06. The van der Waals surface area contributed by atoms with E-state index in [1.807, 2.05) is 30.1 Å². The van der Waals surface area contributed by atoms with Crippen molar-refractivity contribution in [2.45, 2.75) is 44.7 Å². The number of nitrogens with zero attached hydrogens (tertiary/aromatic N) is 2. The normalized spacial score (nSPS) is 27.4. The number of ether oxygens (including phenoxy) is 2. The maximum Gasteiger partial charge on any atom is 0.326 e. The Morgan fingerprint density at radius 2 is 1.89 bits per heavy atom. The predicted octanol–water partition coefficient (Wildman–Crippen LogP) is 2.35. The quantitative estimate of drug-likeness (QED) is 0.821. The molecule has 0 bridgehead atoms. The zero-order valence-corrected chi connectivity index (χ0v) is 16.0. The first kappa shape index (κ1) is 18.1. The summed E-state index contributed by atoms with van der Waals surface area (Å²) < 4.78 is 11.2. The summed E-state index contributed by atoms with van der Waals surface area (Å²) in [5, 5.41) is 2.97. The molecule has 0 unspecified atom stereocenters. The number of carbonyl (C=O) groups is 2. The number of benzene rings is 1. The Kier molecular flexibility index (Phi) is 4.72. The van der Waals surface area contributed by atoms with Crippen LogP contribution in [-0.2, 0) is 11.3 Å². The van der Waals surface area contributed by atoms with Crippen LogP contribution in [0.25, 0.3) is 0 Å². The van der Waals surface area contributed by atoms with Gasteiger partial charge in [0.1, 0.15) is 18.8 Å². The molecule has 7 heteroatoms. The summed E-state index contributed by atoms with van der Waals surface area (Å²) in [5.41, 5.74) is 0.372. The highest BCUT2D eigenvalue weighted by atomic mass is 16.6. The number of nitrogens with one attached hydrogen (secondary N) is 1. The first-order valence-electron chi connectivity index (χ1n) is 9.68. The Labute approximate surface area is 159 Å². The minimum atomic E-state index is -0.679. The summed E-state index contributed by atoms with van der Waals surface area (Å²) in [4.78, 5) is 28.7. The van der Waals surface area contributed by atoms with Gasteiger partial charge in [-0.3, -0.25) is 9.69 Å². The summed E-state index contributed by atoms with van der Waals surface area (Å²) in [6.45, 7) is 4.20. The molecular formula is C20H27N3O4. The number of rotatable bonds is 4. The van der Waals surface area contributed by atoms with Crippen molar-refractivity contribution in [3.05, 3.63) is 23.8 Å². The molecule has 1 N–H and O–H groups in total. The fraction of sp³-hybridized carbons (Fsp3) is 0.600. The van der Waals surface area contributed by atoms with Crippen molar-refractivity contribution < 1.29 is 19.1 Å². The van der Waals surface area contributed by atoms with Crippen molar-refractivity contribution in [1.82, 2.24) is 15.1 Å². The van der Waals surface area contributed by atoms with Gasteiger partial charge in [0.2, 0.25) is 0 Å². The lowest BCUT2D eigenvalue weighted by Crippen LogP contribution is -2.49. The molecule has 1 spiro atoms. The molecule has 2 aliphatic heterocycles. The minimum absolute atomic E-state index is 0.0755. The number of amides is 3. The maximum atomic E-state index is 13.0. The van der Waals surface area contributed by atoms with Crippen molar-refractivity contribution in [3.8, 4) is 11.5 Å². The van der Waals surface area contributed by atoms with E-state index in [2.05, 4.69) is 12.2 Å². The van der Waals surface area contributed by atoms with E-state index >= 15 is 0 Å². The Morgan fingerprint density at radius 3 is 2.63 bits per heavy atom. The number of urea groups is 1. The van der Waals surface area contributed by atoms with Gasteiger partial charge in [-0.05, 0) is 56.3 Å². The van der Waals surface area contributed by atoms with Crippen LogP contribution in [0, 0.1) is 5.92 Å². The van der Waals surface area contributed by atoms with Gasteiger partial charge in [-0.15, -0.1) is 0 Å². The van der Waals surface area contributed by atoms with Crippen molar-refractivity contribution in [1.29, 1.82) is 0 Å². The number of hydrogen-bond acceptors (Lipinski definition) is 5. The number of hydrogen-bond donors (Lipinski definition) is 1. The molecule has 1 saturated carbocycles. The largest absolute Gasteiger partial charge is 0.486 e. The van der Waals surface area contributed by atoms with E-state index in [1.165, 1.54) is 4.90 Å². The highest BCUT2D eigenvalue weighted by Gasteiger charge is 2.52. The lowest BCUT2D eigenvalue weighted by atomic mass is 9.77. The molecular weight excluding hydrogens is 346 g/mol. The molecule has 0 radical (unpaired) electrons. The van der Waals surface area contributed by atoms with Crippen LogP contribution in [0.15, 0.2) is 18.2 Å². The second-order valence-corrected chi connectivity index (χ2v) is 8.06. The van der Waals surface area contributed by atoms with Crippen LogP contribution in [0.3, 0.4) is 0 Å². The molecule has 1 aliphatic carbocycles. The molecule has 4 rings (SSSR count). The fourth-order valence-electron chi connectivity index (χ4n) is 4.19. The van der Waals surface area contributed by atoms with Crippen LogP contribution in [0.5, 0.6) is 11.5 Å². The maximum absolute atomic E-state index is 13.0. The molecule has 1 aromatic rings. The lowest BCUT2D eigenvalue weighted by molar-refractivity contribution is -0.134. The van der Waals surface area contributed by atoms with E-state index in [4.69, 9.17) is 9.47 Å². The third-order valence-electron chi connectivity index (χ3n) is 5.82. The molecule has 146 valence electrons. The molecule has 2 heterocycles. The van der Waals surface area contributed by atoms with Crippen LogP contribution in [0.1, 0.15) is 38.2 Å². The molecule has 0 aromatic heterocycles. The van der Waals surface area contributed by atoms with Gasteiger partial charge in [-0.2, -0.15) is 0 Å². The molecule has 3 aliphatic rings. The predicted molar refractivity (Wildman–Crippen MR) is 99.5 cm³/mol. The monoisotopic (exact) mass is 373 g/mol. The average Bonchev–Trinajstić information content (AvgIpc) is 2.88. The van der Waals surface area contributed by atoms with Gasteiger partial charge in [0, 0.05) is 6.54 Å². The van der Waals surface area contributed by atoms with E-state index in [0.29, 0.717) is 25.7 Å². The van der Waals surface area contributed by atoms with E-state index < -0.39 is 5.54 Å². The van der Waals surface area contributed by atoms with Crippen LogP contribution in [0.2, 0.25) is 0 Å². The van der Waals surface area contributed by atoms with E-state index in [1.54, 1.807) is 0 Å². The van der Waals surface area contributed by atoms with Crippen LogP contribution in [-0.4, -0.2) is 54.2 Å². The Morgan fingerprint density at radius 1 is 1.19 bits per heavy atom. The third-order valence-corrected chi connectivity index (χ3v) is 5.82. The fourth-order valence-corrected chi connectivity index (χ4v) is 4.19. The van der Waals surface area contributed by atoms with Crippen molar-refractivity contribution in [2.75, 3.05) is 26.9 Å². The van der Waals surface area contributed by atoms with Crippen molar-refractivity contribution in [2.24, 2.45) is 5.92 Å². The van der Waals surface area contributed by atoms with Crippen molar-refractivity contribution in [3.63, 3.8) is 0 Å². The molecule has 1 aromatic carbocycles. The third kappa shape index (κ3) is 3.48. The van der Waals surface area contributed by atoms with Crippen LogP contribution >= 0.6 is 0 Å². The smallest absolute Gasteiger partial charge is 0.326 e. The van der Waals surface area contributed by atoms with E-state index in [9.17, 15) is 9.59 Å². The number of imide groups is 1. The van der Waals surface area contributed by atoms with Gasteiger partial charge >= 0.3 is 6.03 Å². The van der Waals surface area contributed by atoms with E-state index in [0.717, 1.165) is 42.7 Å². The van der Waals surface area contributed by atoms with Gasteiger partial charge in [-0.1, -0.05) is 13.0 Å². The van der Waals surface area contributed by atoms with Gasteiger partial charge in [0.05, 0.1) is 6.67 Å². The van der Waals surface area contributed by atoms with E-state index in [-0.39, 0.29) is 18.6 Å². The van der Waals surface area contributed by atoms with Crippen LogP contribution in [0.4, 0.5) is 4.79 Å². The molecule has 27 heavy (non-hydrogen) atoms. The average molecular weight is 373 g/mol. The zero-order chi connectivity index (χ0) is 19.0. The summed E-state index contributed by atoms with van der Waals surface area (Å²) in [7, 11) is 1.91. The summed E-state index contributed by atoms with van der Waals surface area (Å²) in [6, 6.07) is 5.58. The zero-order valence-electron chi connectivity index (χ0n) is 16.0. The standard InChI is InChI=1S/C20H27N3O4/c1-14-5-7-20(8-6-14)18(24)23(19(25)21-20)13-22(2)12-15-3-4-16-17(11-15)27-10-9-26-16/h3-4,11,14H,5-10,12-13H2,1-2H3,(H,21,25). The first-order chi connectivity index (χ1) is 13.0. The SMILES string of the molecule is CC1CCC2(CC1)NC(=O)N(CN(C)Cc1ccc3c(c1)OCCO3)C2=O. The highest BCUT2D eigenvalue weighted by molar-refractivity contribution is 6.07. The van der Waals surface area contributed by atoms with Gasteiger partial charge < -0.3 is 14.8 Å². The molecule has 7 nitrogen and oxygen atoms in total.